The van der Waals surface area contributed by atoms with Gasteiger partial charge in [-0.05, 0) is 30.5 Å². The molecule has 1 amide bonds. The number of hydrogen-bond donors (Lipinski definition) is 1. The lowest BCUT2D eigenvalue weighted by Gasteiger charge is -2.33. The van der Waals surface area contributed by atoms with E-state index in [2.05, 4.69) is 46.3 Å². The van der Waals surface area contributed by atoms with Crippen molar-refractivity contribution in [1.29, 1.82) is 0 Å². The highest BCUT2D eigenvalue weighted by atomic mass is 16.1. The lowest BCUT2D eigenvalue weighted by atomic mass is 10.1. The second-order valence-corrected chi connectivity index (χ2v) is 6.38. The number of nitrogens with one attached hydrogen (secondary N) is 1. The molecule has 1 atom stereocenters. The molecule has 1 N–H and O–H groups in total. The van der Waals surface area contributed by atoms with Crippen LogP contribution >= 0.6 is 0 Å². The van der Waals surface area contributed by atoms with Crippen LogP contribution in [0.3, 0.4) is 0 Å². The van der Waals surface area contributed by atoms with Gasteiger partial charge in [-0.15, -0.1) is 0 Å². The van der Waals surface area contributed by atoms with E-state index in [0.29, 0.717) is 6.42 Å². The molecular weight excluding hydrogens is 274 g/mol. The summed E-state index contributed by atoms with van der Waals surface area (Å²) in [5.74, 6) is 0.194. The summed E-state index contributed by atoms with van der Waals surface area (Å²) < 4.78 is 0. The number of likely N-dealkylation sites (N-methyl/N-ethyl adjacent to an activating group) is 1. The van der Waals surface area contributed by atoms with Crippen LogP contribution < -0.4 is 5.32 Å². The molecule has 22 heavy (non-hydrogen) atoms. The molecular formula is C18H27N3O. The Morgan fingerprint density at radius 3 is 2.68 bits per heavy atom. The van der Waals surface area contributed by atoms with E-state index in [4.69, 9.17) is 0 Å². The average molecular weight is 301 g/mol. The van der Waals surface area contributed by atoms with Crippen molar-refractivity contribution < 1.29 is 4.79 Å². The number of piperazine rings is 1. The van der Waals surface area contributed by atoms with E-state index in [1.165, 1.54) is 11.1 Å². The molecule has 120 valence electrons. The van der Waals surface area contributed by atoms with E-state index >= 15 is 0 Å². The van der Waals surface area contributed by atoms with Crippen molar-refractivity contribution in [1.82, 2.24) is 15.1 Å². The van der Waals surface area contributed by atoms with Crippen LogP contribution in [0.4, 0.5) is 0 Å². The number of rotatable bonds is 5. The van der Waals surface area contributed by atoms with E-state index in [1.54, 1.807) is 0 Å². The van der Waals surface area contributed by atoms with Gasteiger partial charge in [0.05, 0.1) is 6.04 Å². The first-order chi connectivity index (χ1) is 10.8. The Morgan fingerprint density at radius 1 is 1.18 bits per heavy atom. The fourth-order valence-corrected chi connectivity index (χ4v) is 3.56. The smallest absolute Gasteiger partial charge is 0.221 e. The largest absolute Gasteiger partial charge is 0.349 e. The zero-order chi connectivity index (χ0) is 15.4. The Kier molecular flexibility index (Phi) is 5.11. The molecule has 1 heterocycles. The second-order valence-electron chi connectivity index (χ2n) is 6.38. The van der Waals surface area contributed by atoms with Gasteiger partial charge >= 0.3 is 0 Å². The number of nitrogens with zero attached hydrogens (tertiary/aromatic N) is 2. The van der Waals surface area contributed by atoms with Crippen LogP contribution in [-0.4, -0.2) is 55.0 Å². The van der Waals surface area contributed by atoms with Crippen LogP contribution in [0.15, 0.2) is 24.3 Å². The Bertz CT molecular complexity index is 509. The van der Waals surface area contributed by atoms with Crippen LogP contribution in [0.1, 0.15) is 36.9 Å². The van der Waals surface area contributed by atoms with E-state index in [0.717, 1.165) is 52.1 Å². The topological polar surface area (TPSA) is 35.6 Å². The zero-order valence-electron chi connectivity index (χ0n) is 13.6. The molecule has 1 unspecified atom stereocenters. The van der Waals surface area contributed by atoms with Gasteiger partial charge in [-0.1, -0.05) is 31.2 Å². The van der Waals surface area contributed by atoms with Crippen molar-refractivity contribution in [3.05, 3.63) is 35.4 Å². The summed E-state index contributed by atoms with van der Waals surface area (Å²) in [5, 5.41) is 3.22. The molecule has 0 radical (unpaired) electrons. The first-order valence-corrected chi connectivity index (χ1v) is 8.58. The van der Waals surface area contributed by atoms with E-state index in [-0.39, 0.29) is 11.9 Å². The minimum absolute atomic E-state index is 0.194. The molecule has 4 heteroatoms. The molecule has 1 aromatic rings. The minimum Gasteiger partial charge on any atom is -0.349 e. The number of amides is 1. The highest BCUT2D eigenvalue weighted by Gasteiger charge is 2.23. The molecule has 1 aliphatic heterocycles. The van der Waals surface area contributed by atoms with Crippen molar-refractivity contribution in [3.63, 3.8) is 0 Å². The van der Waals surface area contributed by atoms with Gasteiger partial charge in [-0.2, -0.15) is 0 Å². The van der Waals surface area contributed by atoms with Crippen LogP contribution in [0, 0.1) is 0 Å². The van der Waals surface area contributed by atoms with Crippen molar-refractivity contribution in [3.8, 4) is 0 Å². The summed E-state index contributed by atoms with van der Waals surface area (Å²) in [6.07, 6.45) is 2.74. The number of aryl methyl sites for hydroxylation is 1. The van der Waals surface area contributed by atoms with Crippen LogP contribution in [0.25, 0.3) is 0 Å². The normalized spacial score (nSPS) is 22.5. The molecule has 1 fully saturated rings. The molecule has 2 aliphatic rings. The zero-order valence-corrected chi connectivity index (χ0v) is 13.6. The summed E-state index contributed by atoms with van der Waals surface area (Å²) in [4.78, 5) is 17.1. The Labute approximate surface area is 133 Å². The van der Waals surface area contributed by atoms with Gasteiger partial charge in [0.15, 0.2) is 0 Å². The van der Waals surface area contributed by atoms with E-state index in [1.807, 2.05) is 0 Å². The van der Waals surface area contributed by atoms with Crippen molar-refractivity contribution in [2.24, 2.45) is 0 Å². The van der Waals surface area contributed by atoms with Gasteiger partial charge in [0.25, 0.3) is 0 Å². The number of fused-ring (bicyclic) bond motifs is 1. The van der Waals surface area contributed by atoms with Gasteiger partial charge in [0, 0.05) is 39.1 Å². The first kappa shape index (κ1) is 15.5. The summed E-state index contributed by atoms with van der Waals surface area (Å²) >= 11 is 0. The fourth-order valence-electron chi connectivity index (χ4n) is 3.56. The Balaban J connectivity index is 1.42. The summed E-state index contributed by atoms with van der Waals surface area (Å²) in [6.45, 7) is 8.68. The van der Waals surface area contributed by atoms with Crippen molar-refractivity contribution in [2.45, 2.75) is 32.2 Å². The molecule has 4 nitrogen and oxygen atoms in total. The minimum atomic E-state index is 0.194. The van der Waals surface area contributed by atoms with Gasteiger partial charge < -0.3 is 15.1 Å². The Hall–Kier alpha value is -1.39. The number of carbonyl (C=O) groups excluding carboxylic acids is 1. The van der Waals surface area contributed by atoms with E-state index in [9.17, 15) is 4.79 Å². The van der Waals surface area contributed by atoms with Crippen molar-refractivity contribution >= 4 is 5.91 Å². The molecule has 0 aromatic heterocycles. The standard InChI is InChI=1S/C18H27N3O/c1-2-20-11-13-21(14-12-20)10-9-18(22)19-17-8-7-15-5-3-4-6-16(15)17/h3-6,17H,2,7-14H2,1H3,(H,19,22). The fraction of sp³-hybridized carbons (Fsp3) is 0.611. The average Bonchev–Trinajstić information content (AvgIpc) is 2.97. The van der Waals surface area contributed by atoms with Crippen LogP contribution in [0.2, 0.25) is 0 Å². The summed E-state index contributed by atoms with van der Waals surface area (Å²) in [5.41, 5.74) is 2.70. The molecule has 1 aromatic carbocycles. The van der Waals surface area contributed by atoms with Gasteiger partial charge in [-0.25, -0.2) is 0 Å². The first-order valence-electron chi connectivity index (χ1n) is 8.58. The monoisotopic (exact) mass is 301 g/mol. The molecule has 0 saturated carbocycles. The summed E-state index contributed by atoms with van der Waals surface area (Å²) in [6, 6.07) is 8.70. The highest BCUT2D eigenvalue weighted by molar-refractivity contribution is 5.76. The van der Waals surface area contributed by atoms with Gasteiger partial charge in [0.1, 0.15) is 0 Å². The van der Waals surface area contributed by atoms with Crippen molar-refractivity contribution in [2.75, 3.05) is 39.3 Å². The molecule has 1 saturated heterocycles. The lowest BCUT2D eigenvalue weighted by molar-refractivity contribution is -0.122. The van der Waals surface area contributed by atoms with Gasteiger partial charge in [-0.3, -0.25) is 4.79 Å². The highest BCUT2D eigenvalue weighted by Crippen LogP contribution is 2.30. The number of benzene rings is 1. The maximum atomic E-state index is 12.2. The quantitative estimate of drug-likeness (QED) is 0.901. The molecule has 0 spiro atoms. The number of carbonyl (C=O) groups is 1. The van der Waals surface area contributed by atoms with Crippen LogP contribution in [-0.2, 0) is 11.2 Å². The molecule has 0 bridgehead atoms. The molecule has 1 aliphatic carbocycles. The third kappa shape index (κ3) is 3.68. The predicted molar refractivity (Wildman–Crippen MR) is 88.8 cm³/mol. The maximum Gasteiger partial charge on any atom is 0.221 e. The third-order valence-corrected chi connectivity index (χ3v) is 5.04. The molecule has 3 rings (SSSR count). The van der Waals surface area contributed by atoms with Crippen LogP contribution in [0.5, 0.6) is 0 Å². The SMILES string of the molecule is CCN1CCN(CCC(=O)NC2CCc3ccccc32)CC1. The maximum absolute atomic E-state index is 12.2. The predicted octanol–water partition coefficient (Wildman–Crippen LogP) is 1.82. The third-order valence-electron chi connectivity index (χ3n) is 5.04. The second kappa shape index (κ2) is 7.25. The van der Waals surface area contributed by atoms with E-state index < -0.39 is 0 Å². The lowest BCUT2D eigenvalue weighted by Crippen LogP contribution is -2.47. The summed E-state index contributed by atoms with van der Waals surface area (Å²) in [7, 11) is 0. The Morgan fingerprint density at radius 2 is 1.91 bits per heavy atom. The number of hydrogen-bond acceptors (Lipinski definition) is 3. The van der Waals surface area contributed by atoms with Gasteiger partial charge in [0.2, 0.25) is 5.91 Å².